The number of aromatic nitrogens is 3. The summed E-state index contributed by atoms with van der Waals surface area (Å²) >= 11 is 0. The molecule has 1 fully saturated rings. The standard InChI is InChI=1S/C22H24N4O/c1-15-20-21(17-5-2-3-6-18(17)24-15)26(13-10-16-8-11-23-12-9-16)22(25-20)19-7-4-14-27-19/h2-7,14,16,23H,8-13H2,1H3. The predicted octanol–water partition coefficient (Wildman–Crippen LogP) is 4.54. The van der Waals surface area contributed by atoms with Crippen LogP contribution in [0.3, 0.4) is 0 Å². The van der Waals surface area contributed by atoms with E-state index in [1.807, 2.05) is 25.1 Å². The van der Waals surface area contributed by atoms with Gasteiger partial charge in [0.25, 0.3) is 0 Å². The molecule has 138 valence electrons. The molecule has 4 aromatic rings. The second-order valence-electron chi connectivity index (χ2n) is 7.46. The van der Waals surface area contributed by atoms with Crippen molar-refractivity contribution in [1.29, 1.82) is 0 Å². The fourth-order valence-corrected chi connectivity index (χ4v) is 4.28. The van der Waals surface area contributed by atoms with Gasteiger partial charge in [-0.1, -0.05) is 18.2 Å². The van der Waals surface area contributed by atoms with E-state index < -0.39 is 0 Å². The fraction of sp³-hybridized carbons (Fsp3) is 0.364. The molecule has 27 heavy (non-hydrogen) atoms. The first-order valence-corrected chi connectivity index (χ1v) is 9.81. The van der Waals surface area contributed by atoms with Gasteiger partial charge in [0.2, 0.25) is 0 Å². The molecule has 0 unspecified atom stereocenters. The van der Waals surface area contributed by atoms with Crippen LogP contribution in [-0.4, -0.2) is 27.6 Å². The number of hydrogen-bond acceptors (Lipinski definition) is 4. The number of pyridine rings is 1. The van der Waals surface area contributed by atoms with Crippen LogP contribution in [0.15, 0.2) is 47.1 Å². The van der Waals surface area contributed by atoms with E-state index in [1.54, 1.807) is 6.26 Å². The van der Waals surface area contributed by atoms with Crippen molar-refractivity contribution in [2.24, 2.45) is 5.92 Å². The third-order valence-corrected chi connectivity index (χ3v) is 5.72. The molecule has 0 spiro atoms. The molecule has 5 nitrogen and oxygen atoms in total. The summed E-state index contributed by atoms with van der Waals surface area (Å²) in [4.78, 5) is 9.74. The average molecular weight is 360 g/mol. The van der Waals surface area contributed by atoms with Gasteiger partial charge in [0.15, 0.2) is 11.6 Å². The summed E-state index contributed by atoms with van der Waals surface area (Å²) in [6.07, 6.45) is 5.39. The molecule has 0 aliphatic carbocycles. The number of furan rings is 1. The largest absolute Gasteiger partial charge is 0.461 e. The quantitative estimate of drug-likeness (QED) is 0.580. The van der Waals surface area contributed by atoms with Crippen LogP contribution in [0.4, 0.5) is 0 Å². The zero-order valence-corrected chi connectivity index (χ0v) is 15.6. The van der Waals surface area contributed by atoms with Crippen LogP contribution in [0.1, 0.15) is 25.0 Å². The SMILES string of the molecule is Cc1nc2ccccc2c2c1nc(-c1ccco1)n2CCC1CCNCC1. The molecule has 0 amide bonds. The summed E-state index contributed by atoms with van der Waals surface area (Å²) in [5.41, 5.74) is 4.15. The Bertz CT molecular complexity index is 1070. The highest BCUT2D eigenvalue weighted by atomic mass is 16.3. The molecule has 0 saturated carbocycles. The van der Waals surface area contributed by atoms with Gasteiger partial charge in [-0.3, -0.25) is 4.98 Å². The van der Waals surface area contributed by atoms with E-state index >= 15 is 0 Å². The van der Waals surface area contributed by atoms with Gasteiger partial charge in [-0.2, -0.15) is 0 Å². The molecule has 0 atom stereocenters. The number of rotatable bonds is 4. The van der Waals surface area contributed by atoms with Crippen LogP contribution in [0, 0.1) is 12.8 Å². The minimum atomic E-state index is 0.766. The number of fused-ring (bicyclic) bond motifs is 3. The molecule has 1 aliphatic rings. The van der Waals surface area contributed by atoms with E-state index in [9.17, 15) is 0 Å². The van der Waals surface area contributed by atoms with Gasteiger partial charge in [-0.25, -0.2) is 4.98 Å². The Morgan fingerprint density at radius 3 is 2.78 bits per heavy atom. The van der Waals surface area contributed by atoms with Gasteiger partial charge in [-0.05, 0) is 63.4 Å². The Labute approximate surface area is 158 Å². The van der Waals surface area contributed by atoms with Gasteiger partial charge in [0.05, 0.1) is 23.0 Å². The summed E-state index contributed by atoms with van der Waals surface area (Å²) in [6, 6.07) is 12.3. The Morgan fingerprint density at radius 2 is 1.96 bits per heavy atom. The summed E-state index contributed by atoms with van der Waals surface area (Å²) < 4.78 is 8.07. The maximum Gasteiger partial charge on any atom is 0.177 e. The van der Waals surface area contributed by atoms with E-state index in [0.29, 0.717) is 0 Å². The number of nitrogens with zero attached hydrogens (tertiary/aromatic N) is 3. The number of aryl methyl sites for hydroxylation is 2. The molecule has 0 radical (unpaired) electrons. The molecule has 0 bridgehead atoms. The minimum absolute atomic E-state index is 0.766. The molecule has 1 N–H and O–H groups in total. The molecule has 1 saturated heterocycles. The van der Waals surface area contributed by atoms with Crippen LogP contribution in [-0.2, 0) is 6.54 Å². The smallest absolute Gasteiger partial charge is 0.177 e. The second-order valence-corrected chi connectivity index (χ2v) is 7.46. The first-order chi connectivity index (χ1) is 13.3. The van der Waals surface area contributed by atoms with Crippen LogP contribution < -0.4 is 5.32 Å². The molecular weight excluding hydrogens is 336 g/mol. The summed E-state index contributed by atoms with van der Waals surface area (Å²) in [6.45, 7) is 5.26. The van der Waals surface area contributed by atoms with Crippen molar-refractivity contribution in [3.63, 3.8) is 0 Å². The topological polar surface area (TPSA) is 55.9 Å². The van der Waals surface area contributed by atoms with Crippen molar-refractivity contribution < 1.29 is 4.42 Å². The van der Waals surface area contributed by atoms with Gasteiger partial charge >= 0.3 is 0 Å². The predicted molar refractivity (Wildman–Crippen MR) is 108 cm³/mol. The lowest BCUT2D eigenvalue weighted by Gasteiger charge is -2.23. The molecule has 5 rings (SSSR count). The third kappa shape index (κ3) is 2.92. The Balaban J connectivity index is 1.68. The summed E-state index contributed by atoms with van der Waals surface area (Å²) in [5.74, 6) is 2.49. The van der Waals surface area contributed by atoms with Crippen molar-refractivity contribution in [3.05, 3.63) is 48.4 Å². The number of hydrogen-bond donors (Lipinski definition) is 1. The van der Waals surface area contributed by atoms with Crippen LogP contribution in [0.25, 0.3) is 33.5 Å². The summed E-state index contributed by atoms with van der Waals surface area (Å²) in [5, 5.41) is 4.62. The fourth-order valence-electron chi connectivity index (χ4n) is 4.28. The summed E-state index contributed by atoms with van der Waals surface area (Å²) in [7, 11) is 0. The molecular formula is C22H24N4O. The molecule has 1 aromatic carbocycles. The first kappa shape index (κ1) is 16.5. The third-order valence-electron chi connectivity index (χ3n) is 5.72. The van der Waals surface area contributed by atoms with Crippen molar-refractivity contribution >= 4 is 21.9 Å². The Hall–Kier alpha value is -2.66. The van der Waals surface area contributed by atoms with E-state index in [1.165, 1.54) is 18.4 Å². The second kappa shape index (κ2) is 6.82. The van der Waals surface area contributed by atoms with E-state index in [-0.39, 0.29) is 0 Å². The van der Waals surface area contributed by atoms with Crippen LogP contribution in [0.2, 0.25) is 0 Å². The van der Waals surface area contributed by atoms with Gasteiger partial charge in [0, 0.05) is 11.9 Å². The van der Waals surface area contributed by atoms with E-state index in [4.69, 9.17) is 14.4 Å². The lowest BCUT2D eigenvalue weighted by molar-refractivity contribution is 0.339. The van der Waals surface area contributed by atoms with E-state index in [2.05, 4.69) is 28.1 Å². The van der Waals surface area contributed by atoms with Gasteiger partial charge < -0.3 is 14.3 Å². The van der Waals surface area contributed by atoms with Crippen LogP contribution >= 0.6 is 0 Å². The number of benzene rings is 1. The Morgan fingerprint density at radius 1 is 1.11 bits per heavy atom. The van der Waals surface area contributed by atoms with Gasteiger partial charge in [0.1, 0.15) is 5.52 Å². The zero-order valence-electron chi connectivity index (χ0n) is 15.6. The average Bonchev–Trinajstić information content (AvgIpc) is 3.35. The lowest BCUT2D eigenvalue weighted by Crippen LogP contribution is -2.28. The maximum atomic E-state index is 5.72. The van der Waals surface area contributed by atoms with E-state index in [0.717, 1.165) is 65.7 Å². The normalized spacial score (nSPS) is 15.7. The molecule has 5 heteroatoms. The number of piperidine rings is 1. The van der Waals surface area contributed by atoms with Crippen molar-refractivity contribution in [2.75, 3.05) is 13.1 Å². The minimum Gasteiger partial charge on any atom is -0.461 e. The van der Waals surface area contributed by atoms with Gasteiger partial charge in [-0.15, -0.1) is 0 Å². The number of nitrogens with one attached hydrogen (secondary N) is 1. The van der Waals surface area contributed by atoms with Crippen LogP contribution in [0.5, 0.6) is 0 Å². The first-order valence-electron chi connectivity index (χ1n) is 9.81. The number of para-hydroxylation sites is 1. The highest BCUT2D eigenvalue weighted by molar-refractivity contribution is 6.04. The van der Waals surface area contributed by atoms with Crippen molar-refractivity contribution in [2.45, 2.75) is 32.7 Å². The Kier molecular flexibility index (Phi) is 4.17. The zero-order chi connectivity index (χ0) is 18.2. The number of imidazole rings is 1. The lowest BCUT2D eigenvalue weighted by atomic mass is 9.94. The molecule has 4 heterocycles. The highest BCUT2D eigenvalue weighted by Crippen LogP contribution is 2.32. The maximum absolute atomic E-state index is 5.72. The molecule has 3 aromatic heterocycles. The monoisotopic (exact) mass is 360 g/mol. The van der Waals surface area contributed by atoms with Crippen molar-refractivity contribution in [3.8, 4) is 11.6 Å². The highest BCUT2D eigenvalue weighted by Gasteiger charge is 2.21. The van der Waals surface area contributed by atoms with Crippen molar-refractivity contribution in [1.82, 2.24) is 19.9 Å². The molecule has 1 aliphatic heterocycles.